The molecule has 0 atom stereocenters. The molecule has 1 aromatic rings. The number of fused-ring (bicyclic) bond motifs is 1. The molecular formula is C10H13N3O. The van der Waals surface area contributed by atoms with E-state index < -0.39 is 0 Å². The van der Waals surface area contributed by atoms with Gasteiger partial charge < -0.3 is 9.80 Å². The van der Waals surface area contributed by atoms with Crippen molar-refractivity contribution in [2.24, 2.45) is 0 Å². The van der Waals surface area contributed by atoms with E-state index in [1.54, 1.807) is 17.2 Å². The molecule has 1 aliphatic heterocycles. The average Bonchev–Trinajstić information content (AvgIpc) is 2.33. The van der Waals surface area contributed by atoms with Gasteiger partial charge in [-0.15, -0.1) is 0 Å². The van der Waals surface area contributed by atoms with E-state index in [0.29, 0.717) is 5.56 Å². The first-order chi connectivity index (χ1) is 6.70. The minimum Gasteiger partial charge on any atom is -0.357 e. The van der Waals surface area contributed by atoms with Crippen molar-refractivity contribution in [3.05, 3.63) is 23.9 Å². The maximum Gasteiger partial charge on any atom is 0.257 e. The summed E-state index contributed by atoms with van der Waals surface area (Å²) in [5.74, 6) is 0.833. The predicted molar refractivity (Wildman–Crippen MR) is 54.5 cm³/mol. The summed E-state index contributed by atoms with van der Waals surface area (Å²) in [4.78, 5) is 19.8. The summed E-state index contributed by atoms with van der Waals surface area (Å²) in [6.07, 6.45) is 1.72. The Hall–Kier alpha value is -1.58. The minimum absolute atomic E-state index is 0.0532. The van der Waals surface area contributed by atoms with Gasteiger partial charge in [-0.05, 0) is 12.1 Å². The molecule has 14 heavy (non-hydrogen) atoms. The van der Waals surface area contributed by atoms with Gasteiger partial charge in [0.15, 0.2) is 0 Å². The number of aromatic nitrogens is 1. The maximum absolute atomic E-state index is 11.8. The van der Waals surface area contributed by atoms with Crippen LogP contribution in [0.5, 0.6) is 0 Å². The van der Waals surface area contributed by atoms with E-state index >= 15 is 0 Å². The van der Waals surface area contributed by atoms with Crippen LogP contribution in [0, 0.1) is 0 Å². The fourth-order valence-corrected chi connectivity index (χ4v) is 1.58. The Morgan fingerprint density at radius 3 is 2.79 bits per heavy atom. The van der Waals surface area contributed by atoms with Crippen LogP contribution >= 0.6 is 0 Å². The SMILES string of the molecule is CN1CCN(C)c2ncccc2C1=O. The van der Waals surface area contributed by atoms with Gasteiger partial charge in [-0.3, -0.25) is 4.79 Å². The van der Waals surface area contributed by atoms with Gasteiger partial charge >= 0.3 is 0 Å². The number of anilines is 1. The summed E-state index contributed by atoms with van der Waals surface area (Å²) in [5, 5.41) is 0. The first kappa shape index (κ1) is 8.99. The zero-order valence-corrected chi connectivity index (χ0v) is 8.40. The maximum atomic E-state index is 11.8. The van der Waals surface area contributed by atoms with E-state index in [9.17, 15) is 4.79 Å². The number of rotatable bonds is 0. The molecular weight excluding hydrogens is 178 g/mol. The van der Waals surface area contributed by atoms with Crippen LogP contribution in [0.1, 0.15) is 10.4 Å². The average molecular weight is 191 g/mol. The van der Waals surface area contributed by atoms with E-state index in [1.807, 2.05) is 25.1 Å². The molecule has 1 amide bonds. The number of amides is 1. The van der Waals surface area contributed by atoms with Crippen molar-refractivity contribution in [2.75, 3.05) is 32.1 Å². The van der Waals surface area contributed by atoms with Crippen molar-refractivity contribution < 1.29 is 4.79 Å². The van der Waals surface area contributed by atoms with Crippen molar-refractivity contribution in [1.29, 1.82) is 0 Å². The molecule has 2 rings (SSSR count). The summed E-state index contributed by atoms with van der Waals surface area (Å²) in [7, 11) is 3.77. The van der Waals surface area contributed by atoms with Crippen LogP contribution in [0.15, 0.2) is 18.3 Å². The fraction of sp³-hybridized carbons (Fsp3) is 0.400. The van der Waals surface area contributed by atoms with Gasteiger partial charge in [-0.2, -0.15) is 0 Å². The Bertz CT molecular complexity index is 364. The normalized spacial score (nSPS) is 16.6. The molecule has 0 bridgehead atoms. The zero-order chi connectivity index (χ0) is 10.1. The third-order valence-corrected chi connectivity index (χ3v) is 2.50. The van der Waals surface area contributed by atoms with Gasteiger partial charge in [0, 0.05) is 33.4 Å². The first-order valence-corrected chi connectivity index (χ1v) is 4.62. The number of hydrogen-bond donors (Lipinski definition) is 0. The number of likely N-dealkylation sites (N-methyl/N-ethyl adjacent to an activating group) is 2. The molecule has 74 valence electrons. The van der Waals surface area contributed by atoms with Crippen LogP contribution in [0.4, 0.5) is 5.82 Å². The van der Waals surface area contributed by atoms with Crippen LogP contribution in [-0.4, -0.2) is 43.0 Å². The van der Waals surface area contributed by atoms with Gasteiger partial charge in [0.1, 0.15) is 5.82 Å². The standard InChI is InChI=1S/C10H13N3O/c1-12-6-7-13(2)10(14)8-4-3-5-11-9(8)12/h3-5H,6-7H2,1-2H3. The summed E-state index contributed by atoms with van der Waals surface area (Å²) < 4.78 is 0. The molecule has 0 N–H and O–H groups in total. The molecule has 0 saturated heterocycles. The van der Waals surface area contributed by atoms with E-state index in [1.165, 1.54) is 0 Å². The van der Waals surface area contributed by atoms with Gasteiger partial charge in [-0.25, -0.2) is 4.98 Å². The Kier molecular flexibility index (Phi) is 2.11. The van der Waals surface area contributed by atoms with E-state index in [-0.39, 0.29) is 5.91 Å². The molecule has 0 unspecified atom stereocenters. The molecule has 4 nitrogen and oxygen atoms in total. The molecule has 0 radical (unpaired) electrons. The highest BCUT2D eigenvalue weighted by molar-refractivity contribution is 5.99. The largest absolute Gasteiger partial charge is 0.357 e. The lowest BCUT2D eigenvalue weighted by atomic mass is 10.2. The smallest absolute Gasteiger partial charge is 0.257 e. The lowest BCUT2D eigenvalue weighted by molar-refractivity contribution is 0.0804. The third-order valence-electron chi connectivity index (χ3n) is 2.50. The topological polar surface area (TPSA) is 36.4 Å². The van der Waals surface area contributed by atoms with Crippen molar-refractivity contribution in [2.45, 2.75) is 0 Å². The van der Waals surface area contributed by atoms with Gasteiger partial charge in [0.05, 0.1) is 5.56 Å². The molecule has 1 aromatic heterocycles. The van der Waals surface area contributed by atoms with Crippen molar-refractivity contribution in [3.8, 4) is 0 Å². The minimum atomic E-state index is 0.0532. The number of hydrogen-bond acceptors (Lipinski definition) is 3. The number of pyridine rings is 1. The van der Waals surface area contributed by atoms with Crippen molar-refractivity contribution in [1.82, 2.24) is 9.88 Å². The number of carbonyl (C=O) groups excluding carboxylic acids is 1. The molecule has 2 heterocycles. The van der Waals surface area contributed by atoms with Gasteiger partial charge in [0.2, 0.25) is 0 Å². The second-order valence-electron chi connectivity index (χ2n) is 3.52. The van der Waals surface area contributed by atoms with Crippen LogP contribution < -0.4 is 4.90 Å². The summed E-state index contributed by atoms with van der Waals surface area (Å²) >= 11 is 0. The third kappa shape index (κ3) is 1.32. The highest BCUT2D eigenvalue weighted by atomic mass is 16.2. The van der Waals surface area contributed by atoms with Gasteiger partial charge in [0.25, 0.3) is 5.91 Å². The monoisotopic (exact) mass is 191 g/mol. The molecule has 0 aromatic carbocycles. The number of carbonyl (C=O) groups is 1. The molecule has 0 aliphatic carbocycles. The number of nitrogens with zero attached hydrogens (tertiary/aromatic N) is 3. The van der Waals surface area contributed by atoms with E-state index in [4.69, 9.17) is 0 Å². The van der Waals surface area contributed by atoms with Crippen LogP contribution in [0.25, 0.3) is 0 Å². The molecule has 4 heteroatoms. The predicted octanol–water partition coefficient (Wildman–Crippen LogP) is 0.603. The molecule has 1 aliphatic rings. The Balaban J connectivity index is 2.51. The second-order valence-corrected chi connectivity index (χ2v) is 3.52. The van der Waals surface area contributed by atoms with Gasteiger partial charge in [-0.1, -0.05) is 0 Å². The van der Waals surface area contributed by atoms with E-state index in [0.717, 1.165) is 18.9 Å². The molecule has 0 fully saturated rings. The Labute approximate surface area is 83.2 Å². The fourth-order valence-electron chi connectivity index (χ4n) is 1.58. The van der Waals surface area contributed by atoms with Crippen LogP contribution in [-0.2, 0) is 0 Å². The van der Waals surface area contributed by atoms with Crippen LogP contribution in [0.3, 0.4) is 0 Å². The zero-order valence-electron chi connectivity index (χ0n) is 8.40. The lowest BCUT2D eigenvalue weighted by Gasteiger charge is -2.16. The highest BCUT2D eigenvalue weighted by Gasteiger charge is 2.22. The second kappa shape index (κ2) is 3.29. The first-order valence-electron chi connectivity index (χ1n) is 4.62. The summed E-state index contributed by atoms with van der Waals surface area (Å²) in [6, 6.07) is 3.62. The lowest BCUT2D eigenvalue weighted by Crippen LogP contribution is -2.29. The molecule has 0 saturated carbocycles. The molecule has 0 spiro atoms. The van der Waals surface area contributed by atoms with Crippen LogP contribution in [0.2, 0.25) is 0 Å². The van der Waals surface area contributed by atoms with E-state index in [2.05, 4.69) is 4.98 Å². The summed E-state index contributed by atoms with van der Waals surface area (Å²) in [5.41, 5.74) is 0.690. The Morgan fingerprint density at radius 2 is 2.00 bits per heavy atom. The highest BCUT2D eigenvalue weighted by Crippen LogP contribution is 2.19. The Morgan fingerprint density at radius 1 is 1.29 bits per heavy atom. The van der Waals surface area contributed by atoms with Crippen molar-refractivity contribution in [3.63, 3.8) is 0 Å². The van der Waals surface area contributed by atoms with Crippen molar-refractivity contribution >= 4 is 11.7 Å². The quantitative estimate of drug-likeness (QED) is 0.602. The summed E-state index contributed by atoms with van der Waals surface area (Å²) in [6.45, 7) is 1.57.